The van der Waals surface area contributed by atoms with Crippen molar-refractivity contribution in [1.82, 2.24) is 9.88 Å². The fourth-order valence-electron chi connectivity index (χ4n) is 5.60. The van der Waals surface area contributed by atoms with E-state index in [2.05, 4.69) is 28.9 Å². The van der Waals surface area contributed by atoms with Gasteiger partial charge in [0.15, 0.2) is 6.10 Å². The van der Waals surface area contributed by atoms with Crippen LogP contribution in [0.25, 0.3) is 10.6 Å². The van der Waals surface area contributed by atoms with Gasteiger partial charge < -0.3 is 19.1 Å². The van der Waals surface area contributed by atoms with Gasteiger partial charge in [-0.25, -0.2) is 9.78 Å². The second-order valence-corrected chi connectivity index (χ2v) is 13.9. The molecule has 0 amide bonds. The highest BCUT2D eigenvalue weighted by Gasteiger charge is 2.30. The molecule has 0 aliphatic carbocycles. The highest BCUT2D eigenvalue weighted by atomic mass is 32.2. The zero-order valence-electron chi connectivity index (χ0n) is 28.2. The number of halogens is 3. The van der Waals surface area contributed by atoms with Crippen molar-refractivity contribution < 1.29 is 32.2 Å². The van der Waals surface area contributed by atoms with E-state index >= 15 is 0 Å². The molecule has 1 aliphatic rings. The standard InChI is InChI=1S/C37H42F3N3O4S2/c1-5-8-27-21-31(15-16-33(27)47-25(3)36(44)46-6-2)48-24-34-32(41-35(49-34)26-11-13-28(14-12-26)37(38,39)40)23-42-17-19-43(20-18-42)29-9-7-10-30(22-29)45-4/h7,9-16,21-22,25H,5-6,8,17-20,23-24H2,1-4H3. The van der Waals surface area contributed by atoms with Gasteiger partial charge in [0.2, 0.25) is 0 Å². The molecule has 7 nitrogen and oxygen atoms in total. The molecule has 2 heterocycles. The van der Waals surface area contributed by atoms with Crippen molar-refractivity contribution in [2.24, 2.45) is 0 Å². The van der Waals surface area contributed by atoms with Gasteiger partial charge >= 0.3 is 12.1 Å². The Bertz CT molecular complexity index is 1690. The van der Waals surface area contributed by atoms with Crippen LogP contribution in [0.5, 0.6) is 11.5 Å². The van der Waals surface area contributed by atoms with Crippen molar-refractivity contribution in [3.05, 3.63) is 88.4 Å². The van der Waals surface area contributed by atoms with E-state index in [4.69, 9.17) is 19.2 Å². The first kappa shape index (κ1) is 36.5. The molecule has 1 atom stereocenters. The maximum Gasteiger partial charge on any atom is 0.416 e. The summed E-state index contributed by atoms with van der Waals surface area (Å²) < 4.78 is 56.3. The lowest BCUT2D eigenvalue weighted by molar-refractivity contribution is -0.150. The number of benzene rings is 3. The average Bonchev–Trinajstić information content (AvgIpc) is 3.50. The van der Waals surface area contributed by atoms with Gasteiger partial charge in [0, 0.05) is 65.6 Å². The summed E-state index contributed by atoms with van der Waals surface area (Å²) in [7, 11) is 1.67. The van der Waals surface area contributed by atoms with E-state index in [1.54, 1.807) is 32.7 Å². The molecular weight excluding hydrogens is 672 g/mol. The Morgan fingerprint density at radius 2 is 1.78 bits per heavy atom. The van der Waals surface area contributed by atoms with Crippen LogP contribution in [0.2, 0.25) is 0 Å². The van der Waals surface area contributed by atoms with Crippen LogP contribution in [0.15, 0.2) is 71.6 Å². The van der Waals surface area contributed by atoms with Crippen molar-refractivity contribution in [3.8, 4) is 22.1 Å². The SMILES string of the molecule is CCCc1cc(SCc2sc(-c3ccc(C(F)(F)F)cc3)nc2CN2CCN(c3cccc(OC)c3)CC2)ccc1OC(C)C(=O)OCC. The van der Waals surface area contributed by atoms with Gasteiger partial charge in [-0.05, 0) is 68.3 Å². The van der Waals surface area contributed by atoms with Crippen LogP contribution in [-0.4, -0.2) is 61.9 Å². The van der Waals surface area contributed by atoms with E-state index in [9.17, 15) is 18.0 Å². The van der Waals surface area contributed by atoms with E-state index < -0.39 is 23.8 Å². The number of carbonyl (C=O) groups excluding carboxylic acids is 1. The number of thioether (sulfide) groups is 1. The first-order valence-corrected chi connectivity index (χ1v) is 18.2. The molecule has 0 saturated carbocycles. The largest absolute Gasteiger partial charge is 0.497 e. The molecule has 4 aromatic rings. The summed E-state index contributed by atoms with van der Waals surface area (Å²) in [6.07, 6.45) is -3.39. The molecule has 3 aromatic carbocycles. The van der Waals surface area contributed by atoms with Crippen molar-refractivity contribution >= 4 is 34.8 Å². The quantitative estimate of drug-likeness (QED) is 0.0950. The van der Waals surface area contributed by atoms with Crippen LogP contribution >= 0.6 is 23.1 Å². The van der Waals surface area contributed by atoms with Gasteiger partial charge in [-0.15, -0.1) is 23.1 Å². The molecular formula is C37H42F3N3O4S2. The third-order valence-electron chi connectivity index (χ3n) is 8.25. The third-order valence-corrected chi connectivity index (χ3v) is 10.6. The first-order chi connectivity index (χ1) is 23.6. The maximum atomic E-state index is 13.3. The summed E-state index contributed by atoms with van der Waals surface area (Å²) in [4.78, 5) is 24.0. The molecule has 0 spiro atoms. The van der Waals surface area contributed by atoms with E-state index in [1.807, 2.05) is 30.3 Å². The summed E-state index contributed by atoms with van der Waals surface area (Å²) in [6, 6.07) is 19.3. The Morgan fingerprint density at radius 1 is 1.02 bits per heavy atom. The van der Waals surface area contributed by atoms with Gasteiger partial charge in [-0.3, -0.25) is 4.90 Å². The average molecular weight is 714 g/mol. The predicted octanol–water partition coefficient (Wildman–Crippen LogP) is 8.73. The lowest BCUT2D eigenvalue weighted by Crippen LogP contribution is -2.46. The lowest BCUT2D eigenvalue weighted by Gasteiger charge is -2.36. The molecule has 1 unspecified atom stereocenters. The molecule has 5 rings (SSSR count). The number of hydrogen-bond acceptors (Lipinski definition) is 9. The Hall–Kier alpha value is -3.74. The Kier molecular flexibility index (Phi) is 12.5. The second kappa shape index (κ2) is 16.8. The van der Waals surface area contributed by atoms with Gasteiger partial charge in [0.25, 0.3) is 0 Å². The third kappa shape index (κ3) is 9.70. The number of piperazine rings is 1. The summed E-state index contributed by atoms with van der Waals surface area (Å²) in [6.45, 7) is 9.92. The van der Waals surface area contributed by atoms with E-state index in [1.165, 1.54) is 23.5 Å². The molecule has 0 N–H and O–H groups in total. The number of carbonyl (C=O) groups is 1. The molecule has 1 saturated heterocycles. The zero-order chi connectivity index (χ0) is 35.0. The monoisotopic (exact) mass is 713 g/mol. The van der Waals surface area contributed by atoms with Gasteiger partial charge in [-0.1, -0.05) is 31.5 Å². The fourth-order valence-corrected chi connectivity index (χ4v) is 7.74. The Balaban J connectivity index is 1.33. The van der Waals surface area contributed by atoms with Crippen molar-refractivity contribution in [2.45, 2.75) is 63.1 Å². The Morgan fingerprint density at radius 3 is 2.45 bits per heavy atom. The number of methoxy groups -OCH3 is 1. The number of nitrogens with zero attached hydrogens (tertiary/aromatic N) is 3. The minimum absolute atomic E-state index is 0.295. The smallest absolute Gasteiger partial charge is 0.416 e. The number of rotatable bonds is 14. The van der Waals surface area contributed by atoms with Crippen molar-refractivity contribution in [2.75, 3.05) is 44.8 Å². The number of ether oxygens (including phenoxy) is 3. The van der Waals surface area contributed by atoms with Crippen LogP contribution in [0.1, 0.15) is 48.9 Å². The summed E-state index contributed by atoms with van der Waals surface area (Å²) in [5.74, 6) is 1.76. The van der Waals surface area contributed by atoms with Crippen LogP contribution in [0, 0.1) is 0 Å². The van der Waals surface area contributed by atoms with Crippen molar-refractivity contribution in [3.63, 3.8) is 0 Å². The Labute approximate surface area is 294 Å². The van der Waals surface area contributed by atoms with Gasteiger partial charge in [0.1, 0.15) is 16.5 Å². The molecule has 1 aliphatic heterocycles. The van der Waals surface area contributed by atoms with Crippen LogP contribution in [-0.2, 0) is 34.4 Å². The summed E-state index contributed by atoms with van der Waals surface area (Å²) in [5, 5.41) is 0.706. The predicted molar refractivity (Wildman–Crippen MR) is 190 cm³/mol. The topological polar surface area (TPSA) is 64.1 Å². The minimum Gasteiger partial charge on any atom is -0.497 e. The molecule has 1 aromatic heterocycles. The number of aromatic nitrogens is 1. The number of anilines is 1. The van der Waals surface area contributed by atoms with Crippen LogP contribution in [0.3, 0.4) is 0 Å². The van der Waals surface area contributed by atoms with Crippen LogP contribution in [0.4, 0.5) is 18.9 Å². The van der Waals surface area contributed by atoms with Gasteiger partial charge in [0.05, 0.1) is 25.0 Å². The number of alkyl halides is 3. The molecule has 1 fully saturated rings. The zero-order valence-corrected chi connectivity index (χ0v) is 29.9. The summed E-state index contributed by atoms with van der Waals surface area (Å²) >= 11 is 3.21. The molecule has 0 bridgehead atoms. The highest BCUT2D eigenvalue weighted by molar-refractivity contribution is 7.98. The van der Waals surface area contributed by atoms with Crippen LogP contribution < -0.4 is 14.4 Å². The van der Waals surface area contributed by atoms with Crippen molar-refractivity contribution in [1.29, 1.82) is 0 Å². The lowest BCUT2D eigenvalue weighted by atomic mass is 10.1. The molecule has 49 heavy (non-hydrogen) atoms. The second-order valence-electron chi connectivity index (χ2n) is 11.7. The molecule has 12 heteroatoms. The molecule has 0 radical (unpaired) electrons. The van der Waals surface area contributed by atoms with E-state index in [-0.39, 0.29) is 0 Å². The van der Waals surface area contributed by atoms with E-state index in [0.29, 0.717) is 35.2 Å². The minimum atomic E-state index is -4.39. The number of aryl methyl sites for hydroxylation is 1. The molecule has 262 valence electrons. The fraction of sp³-hybridized carbons (Fsp3) is 0.405. The normalized spacial score (nSPS) is 14.5. The highest BCUT2D eigenvalue weighted by Crippen LogP contribution is 2.37. The summed E-state index contributed by atoms with van der Waals surface area (Å²) in [5.41, 5.74) is 3.08. The number of esters is 1. The van der Waals surface area contributed by atoms with Gasteiger partial charge in [-0.2, -0.15) is 13.2 Å². The number of thiazole rings is 1. The van der Waals surface area contributed by atoms with E-state index in [0.717, 1.165) is 83.6 Å². The number of hydrogen-bond donors (Lipinski definition) is 0. The first-order valence-electron chi connectivity index (χ1n) is 16.4. The maximum absolute atomic E-state index is 13.3.